The quantitative estimate of drug-likeness (QED) is 0.429. The molecule has 33 heavy (non-hydrogen) atoms. The Kier molecular flexibility index (Phi) is 7.51. The predicted octanol–water partition coefficient (Wildman–Crippen LogP) is 5.94. The van der Waals surface area contributed by atoms with Gasteiger partial charge in [-0.25, -0.2) is 0 Å². The third kappa shape index (κ3) is 4.99. The highest BCUT2D eigenvalue weighted by Gasteiger charge is 2.30. The van der Waals surface area contributed by atoms with Gasteiger partial charge in [0, 0.05) is 37.0 Å². The highest BCUT2D eigenvalue weighted by Crippen LogP contribution is 2.37. The van der Waals surface area contributed by atoms with E-state index >= 15 is 0 Å². The van der Waals surface area contributed by atoms with Gasteiger partial charge in [-0.05, 0) is 69.0 Å². The molecule has 0 spiro atoms. The van der Waals surface area contributed by atoms with Gasteiger partial charge in [-0.15, -0.1) is 0 Å². The molecule has 0 amide bonds. The summed E-state index contributed by atoms with van der Waals surface area (Å²) in [4.78, 5) is 2.61. The summed E-state index contributed by atoms with van der Waals surface area (Å²) < 4.78 is 13.8. The lowest BCUT2D eigenvalue weighted by atomic mass is 9.90. The van der Waals surface area contributed by atoms with E-state index in [1.165, 1.54) is 27.9 Å². The van der Waals surface area contributed by atoms with Crippen LogP contribution in [0.4, 0.5) is 0 Å². The molecule has 0 saturated carbocycles. The molecule has 1 saturated heterocycles. The van der Waals surface area contributed by atoms with E-state index in [1.54, 1.807) is 7.11 Å². The SMILES string of the molecule is CCN(Cc1c(C)nn(CC)c1C)[C@H]1CCO[C@@H](c2ccccc2-c2ccc(OC)cc2)C1. The second-order valence-corrected chi connectivity index (χ2v) is 8.88. The van der Waals surface area contributed by atoms with E-state index < -0.39 is 0 Å². The Hall–Kier alpha value is -2.63. The van der Waals surface area contributed by atoms with Gasteiger partial charge in [0.2, 0.25) is 0 Å². The maximum atomic E-state index is 6.35. The van der Waals surface area contributed by atoms with Gasteiger partial charge in [0.1, 0.15) is 5.75 Å². The predicted molar refractivity (Wildman–Crippen MR) is 134 cm³/mol. The zero-order valence-corrected chi connectivity index (χ0v) is 20.7. The number of ether oxygens (including phenoxy) is 2. The lowest BCUT2D eigenvalue weighted by Crippen LogP contribution is -2.40. The smallest absolute Gasteiger partial charge is 0.118 e. The summed E-state index contributed by atoms with van der Waals surface area (Å²) in [5.74, 6) is 0.876. The average molecular weight is 448 g/mol. The van der Waals surface area contributed by atoms with Crippen molar-refractivity contribution < 1.29 is 9.47 Å². The third-order valence-electron chi connectivity index (χ3n) is 7.08. The van der Waals surface area contributed by atoms with Gasteiger partial charge in [-0.3, -0.25) is 9.58 Å². The van der Waals surface area contributed by atoms with Crippen molar-refractivity contribution in [3.63, 3.8) is 0 Å². The molecule has 0 aliphatic carbocycles. The lowest BCUT2D eigenvalue weighted by Gasteiger charge is -2.38. The number of benzene rings is 2. The Morgan fingerprint density at radius 3 is 2.52 bits per heavy atom. The third-order valence-corrected chi connectivity index (χ3v) is 7.08. The maximum Gasteiger partial charge on any atom is 0.118 e. The van der Waals surface area contributed by atoms with Gasteiger partial charge >= 0.3 is 0 Å². The van der Waals surface area contributed by atoms with Gasteiger partial charge in [-0.1, -0.05) is 43.3 Å². The second-order valence-electron chi connectivity index (χ2n) is 8.88. The zero-order chi connectivity index (χ0) is 23.4. The first kappa shape index (κ1) is 23.5. The Bertz CT molecular complexity index is 1060. The van der Waals surface area contributed by atoms with Gasteiger partial charge in [0.15, 0.2) is 0 Å². The number of aryl methyl sites for hydroxylation is 2. The molecule has 1 aliphatic rings. The fourth-order valence-corrected chi connectivity index (χ4v) is 5.11. The number of hydrogen-bond acceptors (Lipinski definition) is 4. The van der Waals surface area contributed by atoms with E-state index in [9.17, 15) is 0 Å². The van der Waals surface area contributed by atoms with Crippen LogP contribution in [0.25, 0.3) is 11.1 Å². The summed E-state index contributed by atoms with van der Waals surface area (Å²) in [5, 5.41) is 4.74. The minimum atomic E-state index is 0.0941. The Labute approximate surface area is 198 Å². The number of hydrogen-bond donors (Lipinski definition) is 0. The first-order valence-electron chi connectivity index (χ1n) is 12.2. The van der Waals surface area contributed by atoms with E-state index in [0.29, 0.717) is 6.04 Å². The molecule has 0 bridgehead atoms. The van der Waals surface area contributed by atoms with Crippen molar-refractivity contribution in [1.82, 2.24) is 14.7 Å². The molecular weight excluding hydrogens is 410 g/mol. The zero-order valence-electron chi connectivity index (χ0n) is 20.7. The largest absolute Gasteiger partial charge is 0.497 e. The van der Waals surface area contributed by atoms with Gasteiger partial charge in [0.05, 0.1) is 18.9 Å². The molecule has 2 heterocycles. The van der Waals surface area contributed by atoms with Crippen molar-refractivity contribution >= 4 is 0 Å². The highest BCUT2D eigenvalue weighted by atomic mass is 16.5. The van der Waals surface area contributed by atoms with Crippen LogP contribution in [0.5, 0.6) is 5.75 Å². The van der Waals surface area contributed by atoms with Crippen molar-refractivity contribution in [3.8, 4) is 16.9 Å². The van der Waals surface area contributed by atoms with Crippen LogP contribution in [0.15, 0.2) is 48.5 Å². The number of rotatable bonds is 8. The first-order valence-corrected chi connectivity index (χ1v) is 12.2. The monoisotopic (exact) mass is 447 g/mol. The van der Waals surface area contributed by atoms with E-state index in [2.05, 4.69) is 73.7 Å². The summed E-state index contributed by atoms with van der Waals surface area (Å²) in [7, 11) is 1.70. The van der Waals surface area contributed by atoms with Crippen LogP contribution in [-0.4, -0.2) is 41.0 Å². The molecule has 5 heteroatoms. The van der Waals surface area contributed by atoms with Crippen molar-refractivity contribution in [3.05, 3.63) is 71.0 Å². The van der Waals surface area contributed by atoms with Crippen molar-refractivity contribution in [1.29, 1.82) is 0 Å². The molecule has 0 radical (unpaired) electrons. The highest BCUT2D eigenvalue weighted by molar-refractivity contribution is 5.68. The van der Waals surface area contributed by atoms with Gasteiger partial charge < -0.3 is 9.47 Å². The van der Waals surface area contributed by atoms with Gasteiger partial charge in [-0.2, -0.15) is 5.10 Å². The lowest BCUT2D eigenvalue weighted by molar-refractivity contribution is -0.0292. The summed E-state index contributed by atoms with van der Waals surface area (Å²) in [6.45, 7) is 12.4. The molecule has 2 atom stereocenters. The van der Waals surface area contributed by atoms with Crippen LogP contribution in [0.2, 0.25) is 0 Å². The molecule has 5 nitrogen and oxygen atoms in total. The summed E-state index contributed by atoms with van der Waals surface area (Å²) in [5.41, 5.74) is 7.53. The molecule has 3 aromatic rings. The van der Waals surface area contributed by atoms with Gasteiger partial charge in [0.25, 0.3) is 0 Å². The molecule has 1 aliphatic heterocycles. The standard InChI is InChI=1S/C28H37N3O2/c1-6-30(19-27-20(3)29-31(7-2)21(27)4)23-16-17-33-28(18-23)26-11-9-8-10-25(26)22-12-14-24(32-5)15-13-22/h8-15,23,28H,6-7,16-19H2,1-5H3/t23-,28+/m0/s1. The number of aromatic nitrogens is 2. The average Bonchev–Trinajstić information content (AvgIpc) is 3.14. The molecule has 2 aromatic carbocycles. The van der Waals surface area contributed by atoms with Crippen LogP contribution < -0.4 is 4.74 Å². The van der Waals surface area contributed by atoms with E-state index in [-0.39, 0.29) is 6.10 Å². The van der Waals surface area contributed by atoms with Crippen LogP contribution in [-0.2, 0) is 17.8 Å². The fraction of sp³-hybridized carbons (Fsp3) is 0.464. The molecule has 4 rings (SSSR count). The Morgan fingerprint density at radius 2 is 1.85 bits per heavy atom. The van der Waals surface area contributed by atoms with E-state index in [0.717, 1.165) is 50.5 Å². The Balaban J connectivity index is 1.55. The summed E-state index contributed by atoms with van der Waals surface area (Å²) in [6.07, 6.45) is 2.16. The minimum absolute atomic E-state index is 0.0941. The minimum Gasteiger partial charge on any atom is -0.497 e. The van der Waals surface area contributed by atoms with Crippen molar-refractivity contribution in [2.45, 2.75) is 65.8 Å². The molecule has 176 valence electrons. The van der Waals surface area contributed by atoms with Crippen LogP contribution in [0, 0.1) is 13.8 Å². The topological polar surface area (TPSA) is 39.5 Å². The maximum absolute atomic E-state index is 6.35. The van der Waals surface area contributed by atoms with Crippen molar-refractivity contribution in [2.75, 3.05) is 20.3 Å². The molecule has 0 N–H and O–H groups in total. The van der Waals surface area contributed by atoms with Crippen LogP contribution >= 0.6 is 0 Å². The normalized spacial score (nSPS) is 18.6. The summed E-state index contributed by atoms with van der Waals surface area (Å²) in [6, 6.07) is 17.5. The molecule has 0 unspecified atom stereocenters. The first-order chi connectivity index (χ1) is 16.0. The fourth-order valence-electron chi connectivity index (χ4n) is 5.11. The molecular formula is C28H37N3O2. The molecule has 1 fully saturated rings. The Morgan fingerprint density at radius 1 is 1.09 bits per heavy atom. The van der Waals surface area contributed by atoms with Crippen LogP contribution in [0.1, 0.15) is 55.3 Å². The molecule has 1 aromatic heterocycles. The van der Waals surface area contributed by atoms with E-state index in [1.807, 2.05) is 12.1 Å². The van der Waals surface area contributed by atoms with Crippen molar-refractivity contribution in [2.24, 2.45) is 0 Å². The number of nitrogens with zero attached hydrogens (tertiary/aromatic N) is 3. The summed E-state index contributed by atoms with van der Waals surface area (Å²) >= 11 is 0. The van der Waals surface area contributed by atoms with Crippen LogP contribution in [0.3, 0.4) is 0 Å². The number of methoxy groups -OCH3 is 1. The second kappa shape index (κ2) is 10.5. The van der Waals surface area contributed by atoms with E-state index in [4.69, 9.17) is 14.6 Å².